The first-order valence-electron chi connectivity index (χ1n) is 4.07. The molecule has 2 N–H and O–H groups in total. The molecule has 0 aromatic rings. The van der Waals surface area contributed by atoms with Gasteiger partial charge < -0.3 is 10.4 Å². The minimum atomic E-state index is -0.812. The molecule has 62 valence electrons. The molecule has 0 atom stereocenters. The molecule has 2 nitrogen and oxygen atoms in total. The molecule has 0 aromatic heterocycles. The van der Waals surface area contributed by atoms with E-state index in [1.54, 1.807) is 0 Å². The molecule has 1 aliphatic rings. The highest BCUT2D eigenvalue weighted by atomic mass is 16.3. The fraction of sp³-hybridized carbons (Fsp3) is 0.778. The SMILES string of the molecule is C#CC1(O)CCC(NC)CC1. The van der Waals surface area contributed by atoms with E-state index < -0.39 is 5.60 Å². The summed E-state index contributed by atoms with van der Waals surface area (Å²) >= 11 is 0. The van der Waals surface area contributed by atoms with Crippen molar-refractivity contribution in [3.8, 4) is 12.3 Å². The molecule has 0 amide bonds. The van der Waals surface area contributed by atoms with Crippen molar-refractivity contribution in [1.82, 2.24) is 5.32 Å². The highest BCUT2D eigenvalue weighted by Gasteiger charge is 2.30. The smallest absolute Gasteiger partial charge is 0.125 e. The fourth-order valence-electron chi connectivity index (χ4n) is 1.53. The van der Waals surface area contributed by atoms with Crippen molar-refractivity contribution in [1.29, 1.82) is 0 Å². The van der Waals surface area contributed by atoms with Gasteiger partial charge in [0.2, 0.25) is 0 Å². The molecule has 1 fully saturated rings. The molecular weight excluding hydrogens is 138 g/mol. The average molecular weight is 153 g/mol. The van der Waals surface area contributed by atoms with Crippen molar-refractivity contribution in [3.05, 3.63) is 0 Å². The summed E-state index contributed by atoms with van der Waals surface area (Å²) in [7, 11) is 1.95. The number of nitrogens with one attached hydrogen (secondary N) is 1. The maximum Gasteiger partial charge on any atom is 0.125 e. The Morgan fingerprint density at radius 3 is 2.45 bits per heavy atom. The zero-order chi connectivity index (χ0) is 8.32. The van der Waals surface area contributed by atoms with Crippen molar-refractivity contribution in [3.63, 3.8) is 0 Å². The van der Waals surface area contributed by atoms with E-state index in [9.17, 15) is 5.11 Å². The first-order chi connectivity index (χ1) is 5.20. The average Bonchev–Trinajstić information content (AvgIpc) is 2.06. The third-order valence-electron chi connectivity index (χ3n) is 2.49. The van der Waals surface area contributed by atoms with E-state index in [2.05, 4.69) is 11.2 Å². The molecular formula is C9H15NO. The normalized spacial score (nSPS) is 38.1. The summed E-state index contributed by atoms with van der Waals surface area (Å²) in [5.41, 5.74) is -0.812. The highest BCUT2D eigenvalue weighted by molar-refractivity contribution is 5.09. The van der Waals surface area contributed by atoms with E-state index in [0.29, 0.717) is 6.04 Å². The standard InChI is InChI=1S/C9H15NO/c1-3-9(11)6-4-8(10-2)5-7-9/h1,8,10-11H,4-7H2,2H3. The predicted molar refractivity (Wildman–Crippen MR) is 45.1 cm³/mol. The summed E-state index contributed by atoms with van der Waals surface area (Å²) < 4.78 is 0. The van der Waals surface area contributed by atoms with E-state index >= 15 is 0 Å². The van der Waals surface area contributed by atoms with Crippen LogP contribution in [0.2, 0.25) is 0 Å². The molecule has 0 unspecified atom stereocenters. The minimum Gasteiger partial charge on any atom is -0.378 e. The summed E-state index contributed by atoms with van der Waals surface area (Å²) in [6.07, 6.45) is 8.63. The Morgan fingerprint density at radius 1 is 1.55 bits per heavy atom. The van der Waals surface area contributed by atoms with E-state index in [-0.39, 0.29) is 0 Å². The predicted octanol–water partition coefficient (Wildman–Crippen LogP) is 0.513. The Hall–Kier alpha value is -0.520. The van der Waals surface area contributed by atoms with Crippen LogP contribution >= 0.6 is 0 Å². The molecule has 0 aliphatic heterocycles. The van der Waals surface area contributed by atoms with E-state index in [4.69, 9.17) is 6.42 Å². The lowest BCUT2D eigenvalue weighted by molar-refractivity contribution is 0.0522. The van der Waals surface area contributed by atoms with E-state index in [0.717, 1.165) is 25.7 Å². The Bertz CT molecular complexity index is 163. The van der Waals surface area contributed by atoms with Crippen LogP contribution in [0, 0.1) is 12.3 Å². The topological polar surface area (TPSA) is 32.3 Å². The van der Waals surface area contributed by atoms with Gasteiger partial charge in [0.25, 0.3) is 0 Å². The molecule has 11 heavy (non-hydrogen) atoms. The van der Waals surface area contributed by atoms with Gasteiger partial charge in [-0.25, -0.2) is 0 Å². The number of aliphatic hydroxyl groups is 1. The van der Waals surface area contributed by atoms with Crippen molar-refractivity contribution in [2.45, 2.75) is 37.3 Å². The van der Waals surface area contributed by atoms with Crippen molar-refractivity contribution >= 4 is 0 Å². The summed E-state index contributed by atoms with van der Waals surface area (Å²) in [4.78, 5) is 0. The van der Waals surface area contributed by atoms with Crippen LogP contribution in [0.15, 0.2) is 0 Å². The Kier molecular flexibility index (Phi) is 2.53. The molecule has 1 rings (SSSR count). The lowest BCUT2D eigenvalue weighted by Crippen LogP contribution is -2.39. The van der Waals surface area contributed by atoms with E-state index in [1.165, 1.54) is 0 Å². The second-order valence-electron chi connectivity index (χ2n) is 3.24. The van der Waals surface area contributed by atoms with Crippen LogP contribution in [0.1, 0.15) is 25.7 Å². The van der Waals surface area contributed by atoms with Gasteiger partial charge in [-0.3, -0.25) is 0 Å². The molecule has 0 bridgehead atoms. The van der Waals surface area contributed by atoms with Gasteiger partial charge in [0.05, 0.1) is 0 Å². The lowest BCUT2D eigenvalue weighted by Gasteiger charge is -2.31. The summed E-state index contributed by atoms with van der Waals surface area (Å²) in [5.74, 6) is 2.45. The first-order valence-corrected chi connectivity index (χ1v) is 4.07. The number of hydrogen-bond acceptors (Lipinski definition) is 2. The molecule has 2 heteroatoms. The molecule has 1 aliphatic carbocycles. The van der Waals surface area contributed by atoms with Gasteiger partial charge in [-0.2, -0.15) is 0 Å². The van der Waals surface area contributed by atoms with Gasteiger partial charge in [0, 0.05) is 6.04 Å². The van der Waals surface area contributed by atoms with Crippen molar-refractivity contribution in [2.24, 2.45) is 0 Å². The summed E-state index contributed by atoms with van der Waals surface area (Å²) in [6.45, 7) is 0. The van der Waals surface area contributed by atoms with Gasteiger partial charge in [0.15, 0.2) is 0 Å². The summed E-state index contributed by atoms with van der Waals surface area (Å²) in [6, 6.07) is 0.545. The van der Waals surface area contributed by atoms with E-state index in [1.807, 2.05) is 7.05 Å². The first kappa shape index (κ1) is 8.58. The monoisotopic (exact) mass is 153 g/mol. The van der Waals surface area contributed by atoms with Crippen LogP contribution in [0.5, 0.6) is 0 Å². The number of rotatable bonds is 1. The molecule has 1 saturated carbocycles. The fourth-order valence-corrected chi connectivity index (χ4v) is 1.53. The van der Waals surface area contributed by atoms with Gasteiger partial charge in [-0.15, -0.1) is 6.42 Å². The van der Waals surface area contributed by atoms with Gasteiger partial charge in [-0.1, -0.05) is 5.92 Å². The summed E-state index contributed by atoms with van der Waals surface area (Å²) in [5, 5.41) is 12.8. The minimum absolute atomic E-state index is 0.545. The number of hydrogen-bond donors (Lipinski definition) is 2. The second kappa shape index (κ2) is 3.25. The maximum atomic E-state index is 9.63. The number of terminal acetylenes is 1. The third-order valence-corrected chi connectivity index (χ3v) is 2.49. The molecule has 0 saturated heterocycles. The molecule has 0 spiro atoms. The lowest BCUT2D eigenvalue weighted by atomic mass is 9.83. The largest absolute Gasteiger partial charge is 0.378 e. The van der Waals surface area contributed by atoms with Gasteiger partial charge in [0.1, 0.15) is 5.60 Å². The maximum absolute atomic E-state index is 9.63. The Morgan fingerprint density at radius 2 is 2.09 bits per heavy atom. The van der Waals surface area contributed by atoms with Gasteiger partial charge >= 0.3 is 0 Å². The second-order valence-corrected chi connectivity index (χ2v) is 3.24. The molecule has 0 heterocycles. The van der Waals surface area contributed by atoms with Crippen LogP contribution in [0.4, 0.5) is 0 Å². The quantitative estimate of drug-likeness (QED) is 0.538. The molecule has 0 radical (unpaired) electrons. The third kappa shape index (κ3) is 1.95. The van der Waals surface area contributed by atoms with Crippen molar-refractivity contribution in [2.75, 3.05) is 7.05 Å². The van der Waals surface area contributed by atoms with Crippen LogP contribution in [0.25, 0.3) is 0 Å². The highest BCUT2D eigenvalue weighted by Crippen LogP contribution is 2.27. The Balaban J connectivity index is 2.43. The van der Waals surface area contributed by atoms with Crippen molar-refractivity contribution < 1.29 is 5.11 Å². The zero-order valence-corrected chi connectivity index (χ0v) is 6.93. The zero-order valence-electron chi connectivity index (χ0n) is 6.93. The van der Waals surface area contributed by atoms with Crippen LogP contribution in [-0.2, 0) is 0 Å². The molecule has 0 aromatic carbocycles. The van der Waals surface area contributed by atoms with Crippen LogP contribution < -0.4 is 5.32 Å². The van der Waals surface area contributed by atoms with Gasteiger partial charge in [-0.05, 0) is 32.7 Å². The van der Waals surface area contributed by atoms with Crippen LogP contribution in [0.3, 0.4) is 0 Å². The van der Waals surface area contributed by atoms with Crippen LogP contribution in [-0.4, -0.2) is 23.8 Å². The Labute approximate surface area is 68.0 Å².